The number of rotatable bonds is 2. The summed E-state index contributed by atoms with van der Waals surface area (Å²) in [6.45, 7) is 1.57. The molecule has 0 aliphatic heterocycles. The summed E-state index contributed by atoms with van der Waals surface area (Å²) in [5.41, 5.74) is 0. The van der Waals surface area contributed by atoms with Crippen LogP contribution in [0.5, 0.6) is 0 Å². The van der Waals surface area contributed by atoms with Crippen LogP contribution >= 0.6 is 0 Å². The molecule has 0 unspecified atom stereocenters. The summed E-state index contributed by atoms with van der Waals surface area (Å²) in [7, 11) is 0. The number of hydrogen-bond acceptors (Lipinski definition) is 5. The van der Waals surface area contributed by atoms with Crippen LogP contribution < -0.4 is 0 Å². The fraction of sp³-hybridized carbons (Fsp3) is 0.250. The first-order chi connectivity index (χ1) is 6.29. The topological polar surface area (TPSA) is 72.3 Å². The van der Waals surface area contributed by atoms with Gasteiger partial charge in [-0.25, -0.2) is 0 Å². The van der Waals surface area contributed by atoms with Crippen molar-refractivity contribution in [1.82, 2.24) is 10.1 Å². The minimum atomic E-state index is -0.257. The van der Waals surface area contributed by atoms with Crippen LogP contribution in [-0.4, -0.2) is 15.2 Å². The Morgan fingerprint density at radius 3 is 2.85 bits per heavy atom. The van der Waals surface area contributed by atoms with Crippen molar-refractivity contribution in [2.45, 2.75) is 13.5 Å². The maximum absolute atomic E-state index is 8.68. The molecule has 5 nitrogen and oxygen atoms in total. The first kappa shape index (κ1) is 8.00. The van der Waals surface area contributed by atoms with Crippen molar-refractivity contribution in [3.63, 3.8) is 0 Å². The van der Waals surface area contributed by atoms with Gasteiger partial charge in [0.2, 0.25) is 5.82 Å². The molecule has 0 saturated heterocycles. The minimum Gasteiger partial charge on any atom is -0.458 e. The van der Waals surface area contributed by atoms with E-state index in [9.17, 15) is 0 Å². The zero-order valence-corrected chi connectivity index (χ0v) is 7.02. The summed E-state index contributed by atoms with van der Waals surface area (Å²) >= 11 is 0. The lowest BCUT2D eigenvalue weighted by Gasteiger charge is -1.84. The van der Waals surface area contributed by atoms with E-state index in [0.29, 0.717) is 11.6 Å². The molecule has 0 atom stereocenters. The maximum atomic E-state index is 8.68. The van der Waals surface area contributed by atoms with Crippen LogP contribution in [0.1, 0.15) is 11.7 Å². The molecule has 13 heavy (non-hydrogen) atoms. The zero-order valence-electron chi connectivity index (χ0n) is 7.02. The van der Waals surface area contributed by atoms with E-state index in [1.807, 2.05) is 13.0 Å². The Kier molecular flexibility index (Phi) is 1.86. The van der Waals surface area contributed by atoms with Gasteiger partial charge in [-0.05, 0) is 19.1 Å². The summed E-state index contributed by atoms with van der Waals surface area (Å²) in [4.78, 5) is 3.89. The van der Waals surface area contributed by atoms with E-state index < -0.39 is 0 Å². The summed E-state index contributed by atoms with van der Waals surface area (Å²) in [6, 6.07) is 3.56. The Balaban J connectivity index is 2.35. The maximum Gasteiger partial charge on any atom is 0.252 e. The van der Waals surface area contributed by atoms with E-state index in [-0.39, 0.29) is 12.5 Å². The molecule has 0 saturated carbocycles. The Bertz CT molecular complexity index is 405. The van der Waals surface area contributed by atoms with Crippen molar-refractivity contribution in [2.24, 2.45) is 0 Å². The summed E-state index contributed by atoms with van der Waals surface area (Å²) in [5, 5.41) is 12.3. The molecule has 0 fully saturated rings. The van der Waals surface area contributed by atoms with Crippen molar-refractivity contribution in [2.75, 3.05) is 0 Å². The predicted octanol–water partition coefficient (Wildman–Crippen LogP) is 1.13. The second-order valence-electron chi connectivity index (χ2n) is 2.58. The Morgan fingerprint density at radius 1 is 1.46 bits per heavy atom. The molecule has 2 rings (SSSR count). The highest BCUT2D eigenvalue weighted by atomic mass is 16.5. The Hall–Kier alpha value is -1.62. The largest absolute Gasteiger partial charge is 0.458 e. The molecular formula is C8H8N2O3. The van der Waals surface area contributed by atoms with Gasteiger partial charge in [0.1, 0.15) is 12.4 Å². The third kappa shape index (κ3) is 1.46. The van der Waals surface area contributed by atoms with Crippen LogP contribution in [0.3, 0.4) is 0 Å². The SMILES string of the molecule is Cc1ccc(-c2noc(CO)n2)o1. The monoisotopic (exact) mass is 180 g/mol. The van der Waals surface area contributed by atoms with E-state index >= 15 is 0 Å². The molecule has 0 aromatic carbocycles. The number of aliphatic hydroxyl groups is 1. The highest BCUT2D eigenvalue weighted by Gasteiger charge is 2.10. The summed E-state index contributed by atoms with van der Waals surface area (Å²) in [6.07, 6.45) is 0. The van der Waals surface area contributed by atoms with Crippen molar-refractivity contribution in [3.8, 4) is 11.6 Å². The van der Waals surface area contributed by atoms with Gasteiger partial charge in [-0.3, -0.25) is 0 Å². The standard InChI is InChI=1S/C8H8N2O3/c1-5-2-3-6(12-5)8-9-7(4-11)13-10-8/h2-3,11H,4H2,1H3. The average Bonchev–Trinajstić information content (AvgIpc) is 2.71. The van der Waals surface area contributed by atoms with E-state index in [4.69, 9.17) is 14.0 Å². The second-order valence-corrected chi connectivity index (χ2v) is 2.58. The fourth-order valence-electron chi connectivity index (χ4n) is 0.974. The van der Waals surface area contributed by atoms with Crippen LogP contribution in [0.15, 0.2) is 21.1 Å². The van der Waals surface area contributed by atoms with Gasteiger partial charge in [-0.2, -0.15) is 4.98 Å². The van der Waals surface area contributed by atoms with Gasteiger partial charge in [0.25, 0.3) is 5.89 Å². The third-order valence-electron chi connectivity index (χ3n) is 1.56. The molecular weight excluding hydrogens is 172 g/mol. The predicted molar refractivity (Wildman–Crippen MR) is 42.7 cm³/mol. The zero-order chi connectivity index (χ0) is 9.26. The molecule has 1 N–H and O–H groups in total. The van der Waals surface area contributed by atoms with Gasteiger partial charge in [-0.15, -0.1) is 0 Å². The molecule has 0 aliphatic carbocycles. The van der Waals surface area contributed by atoms with Crippen LogP contribution in [-0.2, 0) is 6.61 Å². The van der Waals surface area contributed by atoms with Gasteiger partial charge < -0.3 is 14.0 Å². The molecule has 0 aliphatic rings. The summed E-state index contributed by atoms with van der Waals surface area (Å²) < 4.78 is 9.97. The van der Waals surface area contributed by atoms with E-state index in [1.54, 1.807) is 6.07 Å². The first-order valence-corrected chi connectivity index (χ1v) is 3.80. The van der Waals surface area contributed by atoms with Crippen molar-refractivity contribution in [1.29, 1.82) is 0 Å². The molecule has 2 aromatic rings. The second kappa shape index (κ2) is 3.02. The molecule has 0 spiro atoms. The Morgan fingerprint density at radius 2 is 2.31 bits per heavy atom. The van der Waals surface area contributed by atoms with E-state index in [1.165, 1.54) is 0 Å². The molecule has 5 heteroatoms. The molecule has 68 valence electrons. The molecule has 0 radical (unpaired) electrons. The van der Waals surface area contributed by atoms with Gasteiger partial charge in [0.05, 0.1) is 0 Å². The number of aryl methyl sites for hydroxylation is 1. The highest BCUT2D eigenvalue weighted by molar-refractivity contribution is 5.45. The van der Waals surface area contributed by atoms with Gasteiger partial charge in [-0.1, -0.05) is 5.16 Å². The van der Waals surface area contributed by atoms with Crippen molar-refractivity contribution in [3.05, 3.63) is 23.8 Å². The molecule has 0 amide bonds. The van der Waals surface area contributed by atoms with Crippen LogP contribution in [0.4, 0.5) is 0 Å². The van der Waals surface area contributed by atoms with Crippen LogP contribution in [0.2, 0.25) is 0 Å². The molecule has 0 bridgehead atoms. The quantitative estimate of drug-likeness (QED) is 0.749. The number of aliphatic hydroxyl groups excluding tert-OH is 1. The van der Waals surface area contributed by atoms with E-state index in [2.05, 4.69) is 10.1 Å². The van der Waals surface area contributed by atoms with Crippen LogP contribution in [0, 0.1) is 6.92 Å². The number of furan rings is 1. The normalized spacial score (nSPS) is 10.6. The minimum absolute atomic E-state index is 0.184. The molecule has 2 heterocycles. The number of aromatic nitrogens is 2. The van der Waals surface area contributed by atoms with Crippen LogP contribution in [0.25, 0.3) is 11.6 Å². The van der Waals surface area contributed by atoms with Gasteiger partial charge in [0, 0.05) is 0 Å². The lowest BCUT2D eigenvalue weighted by molar-refractivity contribution is 0.222. The smallest absolute Gasteiger partial charge is 0.252 e. The third-order valence-corrected chi connectivity index (χ3v) is 1.56. The van der Waals surface area contributed by atoms with Gasteiger partial charge in [0.15, 0.2) is 5.76 Å². The number of hydrogen-bond donors (Lipinski definition) is 1. The van der Waals surface area contributed by atoms with E-state index in [0.717, 1.165) is 5.76 Å². The lowest BCUT2D eigenvalue weighted by Crippen LogP contribution is -1.81. The molecule has 2 aromatic heterocycles. The number of nitrogens with zero attached hydrogens (tertiary/aromatic N) is 2. The first-order valence-electron chi connectivity index (χ1n) is 3.80. The average molecular weight is 180 g/mol. The van der Waals surface area contributed by atoms with Crippen molar-refractivity contribution >= 4 is 0 Å². The summed E-state index contributed by atoms with van der Waals surface area (Å²) in [5.74, 6) is 1.87. The van der Waals surface area contributed by atoms with Crippen molar-refractivity contribution < 1.29 is 14.0 Å². The fourth-order valence-corrected chi connectivity index (χ4v) is 0.974. The lowest BCUT2D eigenvalue weighted by atomic mass is 10.4. The Labute approximate surface area is 74.0 Å². The van der Waals surface area contributed by atoms with Gasteiger partial charge >= 0.3 is 0 Å². The highest BCUT2D eigenvalue weighted by Crippen LogP contribution is 2.18.